The number of rotatable bonds is 4. The van der Waals surface area contributed by atoms with Crippen molar-refractivity contribution in [2.24, 2.45) is 0 Å². The van der Waals surface area contributed by atoms with Crippen LogP contribution in [0, 0.1) is 22.7 Å². The van der Waals surface area contributed by atoms with Crippen molar-refractivity contribution in [3.8, 4) is 12.1 Å². The van der Waals surface area contributed by atoms with Crippen LogP contribution < -0.4 is 5.73 Å². The number of hydrogen-bond donors (Lipinski definition) is 2. The summed E-state index contributed by atoms with van der Waals surface area (Å²) in [5.74, 6) is 0.595. The lowest BCUT2D eigenvalue weighted by Gasteiger charge is -1.98. The van der Waals surface area contributed by atoms with Crippen LogP contribution in [0.1, 0.15) is 17.0 Å². The number of allylic oxidation sites excluding steroid dienone is 1. The second-order valence-electron chi connectivity index (χ2n) is 3.85. The molecular formula is C13H11N5O2. The molecule has 0 aliphatic rings. The number of hydrogen-bond acceptors (Lipinski definition) is 6. The van der Waals surface area contributed by atoms with Gasteiger partial charge in [0.25, 0.3) is 0 Å². The van der Waals surface area contributed by atoms with Gasteiger partial charge in [-0.3, -0.25) is 0 Å². The molecule has 7 nitrogen and oxygen atoms in total. The molecule has 2 aromatic rings. The Morgan fingerprint density at radius 2 is 2.35 bits per heavy atom. The summed E-state index contributed by atoms with van der Waals surface area (Å²) in [5, 5.41) is 31.4. The van der Waals surface area contributed by atoms with Gasteiger partial charge >= 0.3 is 0 Å². The minimum atomic E-state index is -0.167. The van der Waals surface area contributed by atoms with E-state index in [9.17, 15) is 5.26 Å². The molecule has 0 aliphatic carbocycles. The maximum absolute atomic E-state index is 9.22. The highest BCUT2D eigenvalue weighted by Gasteiger charge is 2.18. The summed E-state index contributed by atoms with van der Waals surface area (Å²) < 4.78 is 6.42. The molecule has 20 heavy (non-hydrogen) atoms. The molecule has 0 bridgehead atoms. The number of aliphatic hydroxyl groups excluding tert-OH is 1. The Morgan fingerprint density at radius 3 is 2.90 bits per heavy atom. The van der Waals surface area contributed by atoms with Crippen LogP contribution in [0.25, 0.3) is 11.6 Å². The molecule has 0 amide bonds. The van der Waals surface area contributed by atoms with E-state index in [1.165, 1.54) is 17.0 Å². The van der Waals surface area contributed by atoms with Crippen molar-refractivity contribution < 1.29 is 9.52 Å². The van der Waals surface area contributed by atoms with E-state index in [4.69, 9.17) is 20.5 Å². The monoisotopic (exact) mass is 269 g/mol. The number of nitrogen functional groups attached to an aromatic ring is 1. The van der Waals surface area contributed by atoms with E-state index in [0.717, 1.165) is 0 Å². The highest BCUT2D eigenvalue weighted by Crippen LogP contribution is 2.24. The van der Waals surface area contributed by atoms with Crippen molar-refractivity contribution in [3.63, 3.8) is 0 Å². The number of nitrogens with zero attached hydrogens (tertiary/aromatic N) is 4. The average molecular weight is 269 g/mol. The average Bonchev–Trinajstić information content (AvgIpc) is 3.05. The maximum atomic E-state index is 9.22. The van der Waals surface area contributed by atoms with Gasteiger partial charge in [-0.2, -0.15) is 15.6 Å². The van der Waals surface area contributed by atoms with E-state index in [0.29, 0.717) is 5.76 Å². The summed E-state index contributed by atoms with van der Waals surface area (Å²) in [7, 11) is 0. The topological polar surface area (TPSA) is 125 Å². The first kappa shape index (κ1) is 13.4. The Balaban J connectivity index is 2.54. The molecule has 0 aliphatic heterocycles. The molecule has 0 unspecified atom stereocenters. The van der Waals surface area contributed by atoms with E-state index < -0.39 is 0 Å². The van der Waals surface area contributed by atoms with Crippen molar-refractivity contribution in [1.82, 2.24) is 9.78 Å². The second kappa shape index (κ2) is 5.74. The van der Waals surface area contributed by atoms with Gasteiger partial charge in [-0.25, -0.2) is 4.68 Å². The maximum Gasteiger partial charge on any atom is 0.140 e. The summed E-state index contributed by atoms with van der Waals surface area (Å²) >= 11 is 0. The summed E-state index contributed by atoms with van der Waals surface area (Å²) in [5.41, 5.74) is 6.23. The molecule has 0 atom stereocenters. The van der Waals surface area contributed by atoms with Gasteiger partial charge in [0.2, 0.25) is 0 Å². The highest BCUT2D eigenvalue weighted by atomic mass is 16.3. The molecule has 100 valence electrons. The Labute approximate surface area is 114 Å². The normalized spacial score (nSPS) is 11.1. The van der Waals surface area contributed by atoms with Crippen molar-refractivity contribution in [2.45, 2.75) is 6.54 Å². The Hall–Kier alpha value is -3.03. The minimum Gasteiger partial charge on any atom is -0.465 e. The largest absolute Gasteiger partial charge is 0.465 e. The van der Waals surface area contributed by atoms with Crippen molar-refractivity contribution in [2.75, 3.05) is 12.3 Å². The van der Waals surface area contributed by atoms with Crippen LogP contribution in [0.4, 0.5) is 5.82 Å². The summed E-state index contributed by atoms with van der Waals surface area (Å²) in [6.45, 7) is -0.0139. The van der Waals surface area contributed by atoms with Gasteiger partial charge < -0.3 is 15.3 Å². The van der Waals surface area contributed by atoms with Gasteiger partial charge in [-0.1, -0.05) is 0 Å². The lowest BCUT2D eigenvalue weighted by Crippen LogP contribution is -2.07. The van der Waals surface area contributed by atoms with Gasteiger partial charge in [0.1, 0.15) is 35.0 Å². The molecule has 0 fully saturated rings. The van der Waals surface area contributed by atoms with Crippen molar-refractivity contribution in [1.29, 1.82) is 10.5 Å². The number of nitriles is 2. The third-order valence-electron chi connectivity index (χ3n) is 2.62. The lowest BCUT2D eigenvalue weighted by molar-refractivity contribution is 0.270. The van der Waals surface area contributed by atoms with E-state index >= 15 is 0 Å². The van der Waals surface area contributed by atoms with Gasteiger partial charge in [0.15, 0.2) is 0 Å². The molecule has 0 aromatic carbocycles. The fraction of sp³-hybridized carbons (Fsp3) is 0.154. The SMILES string of the molecule is N#C/C(=C\c1ccco1)c1nn(CCO)c(N)c1C#N. The zero-order chi connectivity index (χ0) is 14.5. The molecule has 3 N–H and O–H groups in total. The molecule has 7 heteroatoms. The molecule has 2 heterocycles. The van der Waals surface area contributed by atoms with Gasteiger partial charge in [-0.15, -0.1) is 0 Å². The van der Waals surface area contributed by atoms with Crippen LogP contribution >= 0.6 is 0 Å². The van der Waals surface area contributed by atoms with Crippen molar-refractivity contribution in [3.05, 3.63) is 35.4 Å². The van der Waals surface area contributed by atoms with Crippen LogP contribution in [0.15, 0.2) is 22.8 Å². The van der Waals surface area contributed by atoms with Crippen LogP contribution in [0.5, 0.6) is 0 Å². The predicted molar refractivity (Wildman–Crippen MR) is 70.6 cm³/mol. The molecule has 0 saturated heterocycles. The zero-order valence-corrected chi connectivity index (χ0v) is 10.4. The number of anilines is 1. The number of furan rings is 1. The number of nitrogens with two attached hydrogens (primary N) is 1. The van der Waals surface area contributed by atoms with Gasteiger partial charge in [-0.05, 0) is 12.1 Å². The van der Waals surface area contributed by atoms with E-state index in [-0.39, 0.29) is 35.8 Å². The zero-order valence-electron chi connectivity index (χ0n) is 10.4. The summed E-state index contributed by atoms with van der Waals surface area (Å²) in [6, 6.07) is 7.26. The smallest absolute Gasteiger partial charge is 0.140 e. The second-order valence-corrected chi connectivity index (χ2v) is 3.85. The van der Waals surface area contributed by atoms with Crippen LogP contribution in [0.2, 0.25) is 0 Å². The van der Waals surface area contributed by atoms with E-state index in [1.54, 1.807) is 12.1 Å². The lowest BCUT2D eigenvalue weighted by atomic mass is 10.1. The van der Waals surface area contributed by atoms with E-state index in [1.807, 2.05) is 12.1 Å². The first-order chi connectivity index (χ1) is 9.71. The Kier molecular flexibility index (Phi) is 3.85. The summed E-state index contributed by atoms with van der Waals surface area (Å²) in [4.78, 5) is 0. The highest BCUT2D eigenvalue weighted by molar-refractivity contribution is 5.90. The number of aromatic nitrogens is 2. The van der Waals surface area contributed by atoms with Gasteiger partial charge in [0, 0.05) is 6.08 Å². The molecular weight excluding hydrogens is 258 g/mol. The minimum absolute atomic E-state index is 0.109. The third kappa shape index (κ3) is 2.39. The van der Waals surface area contributed by atoms with Crippen LogP contribution in [0.3, 0.4) is 0 Å². The third-order valence-corrected chi connectivity index (χ3v) is 2.62. The quantitative estimate of drug-likeness (QED) is 0.797. The predicted octanol–water partition coefficient (Wildman–Crippen LogP) is 0.986. The molecule has 2 rings (SSSR count). The van der Waals surface area contributed by atoms with Crippen LogP contribution in [-0.2, 0) is 6.54 Å². The van der Waals surface area contributed by atoms with Crippen LogP contribution in [-0.4, -0.2) is 21.5 Å². The molecule has 0 radical (unpaired) electrons. The van der Waals surface area contributed by atoms with E-state index in [2.05, 4.69) is 5.10 Å². The standard InChI is InChI=1S/C13H11N5O2/c14-7-9(6-10-2-1-5-20-10)12-11(8-15)13(16)18(17-12)3-4-19/h1-2,5-6,19H,3-4,16H2/b9-6+. The fourth-order valence-electron chi connectivity index (χ4n) is 1.71. The Morgan fingerprint density at radius 1 is 1.55 bits per heavy atom. The van der Waals surface area contributed by atoms with Gasteiger partial charge in [0.05, 0.1) is 25.0 Å². The molecule has 0 saturated carbocycles. The fourth-order valence-corrected chi connectivity index (χ4v) is 1.71. The molecule has 2 aromatic heterocycles. The Bertz CT molecular complexity index is 713. The first-order valence-corrected chi connectivity index (χ1v) is 5.74. The van der Waals surface area contributed by atoms with Crippen molar-refractivity contribution >= 4 is 17.5 Å². The summed E-state index contributed by atoms with van der Waals surface area (Å²) in [6.07, 6.45) is 2.96. The molecule has 0 spiro atoms. The number of aliphatic hydroxyl groups is 1. The first-order valence-electron chi connectivity index (χ1n) is 5.74.